The van der Waals surface area contributed by atoms with Crippen molar-refractivity contribution < 1.29 is 9.18 Å². The van der Waals surface area contributed by atoms with Crippen molar-refractivity contribution >= 4 is 42.3 Å². The average molecular weight is 476 g/mol. The molecule has 0 radical (unpaired) electrons. The van der Waals surface area contributed by atoms with Gasteiger partial charge in [0.1, 0.15) is 5.54 Å². The highest BCUT2D eigenvalue weighted by molar-refractivity contribution is 6.30. The Kier molecular flexibility index (Phi) is 8.48. The second-order valence-electron chi connectivity index (χ2n) is 7.65. The molecule has 0 saturated carbocycles. The van der Waals surface area contributed by atoms with Gasteiger partial charge in [-0.05, 0) is 17.2 Å². The van der Waals surface area contributed by atoms with Gasteiger partial charge >= 0.3 is 0 Å². The number of nitrogens with one attached hydrogen (secondary N) is 1. The number of hydrogen-bond acceptors (Lipinski definition) is 4. The fourth-order valence-electron chi connectivity index (χ4n) is 4.47. The Hall–Kier alpha value is -1.44. The van der Waals surface area contributed by atoms with Crippen LogP contribution in [-0.2, 0) is 24.2 Å². The van der Waals surface area contributed by atoms with Gasteiger partial charge in [0.15, 0.2) is 0 Å². The van der Waals surface area contributed by atoms with Gasteiger partial charge in [0, 0.05) is 57.2 Å². The third-order valence-electron chi connectivity index (χ3n) is 5.76. The molecule has 1 amide bonds. The summed E-state index contributed by atoms with van der Waals surface area (Å²) >= 11 is 5.95. The summed E-state index contributed by atoms with van der Waals surface area (Å²) in [6.45, 7) is 3.63. The van der Waals surface area contributed by atoms with Crippen LogP contribution in [0, 0.1) is 5.95 Å². The predicted octanol–water partition coefficient (Wildman–Crippen LogP) is 3.12. The van der Waals surface area contributed by atoms with Gasteiger partial charge in [-0.1, -0.05) is 35.9 Å². The third-order valence-corrected chi connectivity index (χ3v) is 5.98. The molecule has 2 heterocycles. The molecule has 1 aromatic carbocycles. The van der Waals surface area contributed by atoms with Crippen LogP contribution in [0.15, 0.2) is 36.4 Å². The van der Waals surface area contributed by atoms with Crippen molar-refractivity contribution in [3.63, 3.8) is 0 Å². The lowest BCUT2D eigenvalue weighted by Crippen LogP contribution is -2.63. The molecule has 1 aliphatic heterocycles. The molecule has 164 valence electrons. The highest BCUT2D eigenvalue weighted by atomic mass is 35.5. The van der Waals surface area contributed by atoms with E-state index in [-0.39, 0.29) is 42.3 Å². The first-order valence-electron chi connectivity index (χ1n) is 9.58. The molecule has 0 spiro atoms. The normalized spacial score (nSPS) is 17.4. The lowest BCUT2D eigenvalue weighted by Gasteiger charge is -2.44. The minimum Gasteiger partial charge on any atom is -0.338 e. The van der Waals surface area contributed by atoms with Gasteiger partial charge in [-0.3, -0.25) is 9.69 Å². The molecule has 1 aromatic heterocycles. The zero-order valence-corrected chi connectivity index (χ0v) is 19.1. The number of carbonyl (C=O) groups excluding carboxylic acids is 1. The van der Waals surface area contributed by atoms with E-state index < -0.39 is 11.5 Å². The van der Waals surface area contributed by atoms with Crippen molar-refractivity contribution in [1.82, 2.24) is 20.1 Å². The highest BCUT2D eigenvalue weighted by Gasteiger charge is 2.49. The van der Waals surface area contributed by atoms with Crippen LogP contribution in [0.2, 0.25) is 5.02 Å². The van der Waals surface area contributed by atoms with Gasteiger partial charge < -0.3 is 10.2 Å². The molecule has 9 heteroatoms. The topological polar surface area (TPSA) is 48.5 Å². The van der Waals surface area contributed by atoms with Gasteiger partial charge in [0.25, 0.3) is 0 Å². The molecule has 1 saturated heterocycles. The van der Waals surface area contributed by atoms with Gasteiger partial charge in [0.2, 0.25) is 11.9 Å². The van der Waals surface area contributed by atoms with Crippen molar-refractivity contribution in [3.05, 3.63) is 64.2 Å². The zero-order chi connectivity index (χ0) is 19.7. The fraction of sp³-hybridized carbons (Fsp3) is 0.429. The molecule has 0 unspecified atom stereocenters. The summed E-state index contributed by atoms with van der Waals surface area (Å²) in [6, 6.07) is 11.1. The number of amides is 1. The molecule has 1 fully saturated rings. The maximum absolute atomic E-state index is 13.7. The number of hydrogen-bond donors (Lipinski definition) is 1. The van der Waals surface area contributed by atoms with Crippen molar-refractivity contribution in [3.8, 4) is 0 Å². The average Bonchev–Trinajstić information content (AvgIpc) is 3.08. The van der Waals surface area contributed by atoms with E-state index in [1.54, 1.807) is 18.0 Å². The predicted molar refractivity (Wildman–Crippen MR) is 121 cm³/mol. The van der Waals surface area contributed by atoms with Crippen LogP contribution >= 0.6 is 36.4 Å². The molecule has 4 rings (SSSR count). The minimum absolute atomic E-state index is 0. The Labute approximate surface area is 193 Å². The third kappa shape index (κ3) is 4.89. The second kappa shape index (κ2) is 10.2. The monoisotopic (exact) mass is 474 g/mol. The van der Waals surface area contributed by atoms with E-state index in [4.69, 9.17) is 11.6 Å². The van der Waals surface area contributed by atoms with Crippen molar-refractivity contribution in [1.29, 1.82) is 0 Å². The van der Waals surface area contributed by atoms with Gasteiger partial charge in [-0.25, -0.2) is 4.98 Å². The van der Waals surface area contributed by atoms with Gasteiger partial charge in [-0.15, -0.1) is 24.8 Å². The fourth-order valence-corrected chi connectivity index (χ4v) is 4.68. The summed E-state index contributed by atoms with van der Waals surface area (Å²) in [5.41, 5.74) is 2.31. The van der Waals surface area contributed by atoms with Crippen LogP contribution in [0.1, 0.15) is 16.8 Å². The molecule has 1 aliphatic carbocycles. The Morgan fingerprint density at radius 1 is 1.20 bits per heavy atom. The summed E-state index contributed by atoms with van der Waals surface area (Å²) in [5, 5.41) is 3.65. The summed E-state index contributed by atoms with van der Waals surface area (Å²) in [7, 11) is 1.76. The summed E-state index contributed by atoms with van der Waals surface area (Å²) in [5.74, 6) is -0.582. The second-order valence-corrected chi connectivity index (χ2v) is 8.09. The number of halogens is 4. The maximum Gasteiger partial charge on any atom is 0.243 e. The number of likely N-dealkylation sites (N-methyl/N-ethyl adjacent to an activating group) is 1. The van der Waals surface area contributed by atoms with E-state index in [0.29, 0.717) is 18.5 Å². The lowest BCUT2D eigenvalue weighted by atomic mass is 9.90. The number of rotatable bonds is 4. The first-order chi connectivity index (χ1) is 13.5. The quantitative estimate of drug-likeness (QED) is 0.690. The van der Waals surface area contributed by atoms with Crippen LogP contribution in [0.5, 0.6) is 0 Å². The van der Waals surface area contributed by atoms with E-state index in [9.17, 15) is 9.18 Å². The van der Waals surface area contributed by atoms with Gasteiger partial charge in [0.05, 0.1) is 12.2 Å². The standard InChI is InChI=1S/C21H24ClFN4O.2ClH/c1-26(14-18-10-17(22)11-19(23)25-18)20(28)21(27-8-6-24-7-9-27)12-15-4-2-3-5-16(15)13-21;;/h2-5,10-11,24H,6-9,12-14H2,1H3;2*1H. The largest absolute Gasteiger partial charge is 0.338 e. The molecule has 2 aliphatic rings. The van der Waals surface area contributed by atoms with E-state index in [0.717, 1.165) is 26.2 Å². The number of benzene rings is 1. The molecule has 1 N–H and O–H groups in total. The molecular formula is C21H26Cl3FN4O. The first-order valence-corrected chi connectivity index (χ1v) is 9.96. The zero-order valence-electron chi connectivity index (χ0n) is 16.7. The Morgan fingerprint density at radius 3 is 2.37 bits per heavy atom. The Morgan fingerprint density at radius 2 is 1.80 bits per heavy atom. The van der Waals surface area contributed by atoms with Crippen molar-refractivity contribution in [2.24, 2.45) is 0 Å². The van der Waals surface area contributed by atoms with E-state index in [1.165, 1.54) is 17.2 Å². The summed E-state index contributed by atoms with van der Waals surface area (Å²) < 4.78 is 13.6. The summed E-state index contributed by atoms with van der Waals surface area (Å²) in [6.07, 6.45) is 1.40. The molecule has 0 atom stereocenters. The molecule has 30 heavy (non-hydrogen) atoms. The first kappa shape index (κ1) is 24.8. The van der Waals surface area contributed by atoms with Crippen LogP contribution in [-0.4, -0.2) is 59.5 Å². The number of nitrogens with zero attached hydrogens (tertiary/aromatic N) is 3. The van der Waals surface area contributed by atoms with Crippen LogP contribution < -0.4 is 5.32 Å². The number of carbonyl (C=O) groups is 1. The van der Waals surface area contributed by atoms with E-state index in [1.807, 2.05) is 12.1 Å². The SMILES string of the molecule is CN(Cc1cc(Cl)cc(F)n1)C(=O)C1(N2CCNCC2)Cc2ccccc2C1.Cl.Cl. The summed E-state index contributed by atoms with van der Waals surface area (Å²) in [4.78, 5) is 21.6. The lowest BCUT2D eigenvalue weighted by molar-refractivity contribution is -0.144. The van der Waals surface area contributed by atoms with Crippen molar-refractivity contribution in [2.75, 3.05) is 33.2 Å². The minimum atomic E-state index is -0.631. The molecule has 0 bridgehead atoms. The smallest absolute Gasteiger partial charge is 0.243 e. The number of piperazine rings is 1. The van der Waals surface area contributed by atoms with E-state index in [2.05, 4.69) is 27.3 Å². The van der Waals surface area contributed by atoms with E-state index >= 15 is 0 Å². The molecular weight excluding hydrogens is 450 g/mol. The number of aromatic nitrogens is 1. The van der Waals surface area contributed by atoms with Crippen LogP contribution in [0.4, 0.5) is 4.39 Å². The number of pyridine rings is 1. The Bertz CT molecular complexity index is 847. The number of fused-ring (bicyclic) bond motifs is 1. The highest BCUT2D eigenvalue weighted by Crippen LogP contribution is 2.36. The van der Waals surface area contributed by atoms with Crippen molar-refractivity contribution in [2.45, 2.75) is 24.9 Å². The molecule has 5 nitrogen and oxygen atoms in total. The van der Waals surface area contributed by atoms with Crippen LogP contribution in [0.3, 0.4) is 0 Å². The maximum atomic E-state index is 13.7. The van der Waals surface area contributed by atoms with Gasteiger partial charge in [-0.2, -0.15) is 4.39 Å². The van der Waals surface area contributed by atoms with Crippen LogP contribution in [0.25, 0.3) is 0 Å². The molecule has 2 aromatic rings. The Balaban J connectivity index is 0.00000160.